The van der Waals surface area contributed by atoms with Gasteiger partial charge in [0.25, 0.3) is 5.91 Å². The van der Waals surface area contributed by atoms with E-state index in [4.69, 9.17) is 0 Å². The molecule has 2 aromatic carbocycles. The summed E-state index contributed by atoms with van der Waals surface area (Å²) in [6.45, 7) is 1.12. The fourth-order valence-corrected chi connectivity index (χ4v) is 5.65. The van der Waals surface area contributed by atoms with E-state index < -0.39 is 10.0 Å². The summed E-state index contributed by atoms with van der Waals surface area (Å²) in [6.07, 6.45) is 3.43. The van der Waals surface area contributed by atoms with E-state index in [2.05, 4.69) is 10.3 Å². The van der Waals surface area contributed by atoms with Crippen LogP contribution in [0.5, 0.6) is 0 Å². The van der Waals surface area contributed by atoms with Crippen LogP contribution in [0.4, 0.5) is 5.69 Å². The summed E-state index contributed by atoms with van der Waals surface area (Å²) >= 11 is 1.42. The highest BCUT2D eigenvalue weighted by Crippen LogP contribution is 2.29. The molecule has 3 aromatic rings. The molecule has 0 bridgehead atoms. The van der Waals surface area contributed by atoms with E-state index in [1.54, 1.807) is 30.5 Å². The number of carbonyl (C=O) groups is 1. The zero-order valence-electron chi connectivity index (χ0n) is 16.2. The zero-order valence-corrected chi connectivity index (χ0v) is 17.8. The number of aromatic nitrogens is 1. The lowest BCUT2D eigenvalue weighted by molar-refractivity contribution is 0.102. The molecule has 0 spiro atoms. The van der Waals surface area contributed by atoms with Crippen LogP contribution in [0.1, 0.15) is 23.2 Å². The van der Waals surface area contributed by atoms with Crippen molar-refractivity contribution >= 4 is 33.4 Å². The van der Waals surface area contributed by atoms with Crippen LogP contribution < -0.4 is 5.32 Å². The average molecular weight is 440 g/mol. The molecule has 1 aliphatic rings. The van der Waals surface area contributed by atoms with E-state index in [9.17, 15) is 13.2 Å². The van der Waals surface area contributed by atoms with Crippen molar-refractivity contribution in [2.75, 3.05) is 18.4 Å². The van der Waals surface area contributed by atoms with Crippen molar-refractivity contribution in [2.45, 2.75) is 27.7 Å². The predicted octanol–water partition coefficient (Wildman–Crippen LogP) is 4.27. The molecule has 0 saturated carbocycles. The molecule has 1 amide bonds. The second kappa shape index (κ2) is 8.99. The molecule has 30 heavy (non-hydrogen) atoms. The van der Waals surface area contributed by atoms with Crippen molar-refractivity contribution in [1.29, 1.82) is 0 Å². The lowest BCUT2D eigenvalue weighted by Crippen LogP contribution is -2.27. The fourth-order valence-electron chi connectivity index (χ4n) is 3.23. The number of anilines is 1. The van der Waals surface area contributed by atoms with Crippen LogP contribution in [0.25, 0.3) is 0 Å². The molecule has 4 rings (SSSR count). The fraction of sp³-hybridized carbons (Fsp3) is 0.182. The Labute approximate surface area is 180 Å². The van der Waals surface area contributed by atoms with Crippen molar-refractivity contribution < 1.29 is 13.2 Å². The smallest absolute Gasteiger partial charge is 0.258 e. The monoisotopic (exact) mass is 439 g/mol. The number of hydrogen-bond donors (Lipinski definition) is 1. The molecule has 1 saturated heterocycles. The average Bonchev–Trinajstić information content (AvgIpc) is 3.31. The number of sulfonamides is 1. The van der Waals surface area contributed by atoms with Crippen LogP contribution in [-0.2, 0) is 10.0 Å². The van der Waals surface area contributed by atoms with Crippen LogP contribution in [0.3, 0.4) is 0 Å². The maximum atomic E-state index is 12.8. The van der Waals surface area contributed by atoms with Gasteiger partial charge in [0.05, 0.1) is 10.5 Å². The summed E-state index contributed by atoms with van der Waals surface area (Å²) in [5, 5.41) is 3.44. The molecule has 1 aliphatic heterocycles. The van der Waals surface area contributed by atoms with Crippen LogP contribution in [0.15, 0.2) is 87.7 Å². The summed E-state index contributed by atoms with van der Waals surface area (Å²) in [6, 6.07) is 19.5. The van der Waals surface area contributed by atoms with Gasteiger partial charge in [-0.1, -0.05) is 30.0 Å². The number of carbonyl (C=O) groups excluding carboxylic acids is 1. The first kappa shape index (κ1) is 20.6. The third-order valence-electron chi connectivity index (χ3n) is 4.79. The van der Waals surface area contributed by atoms with Crippen molar-refractivity contribution in [3.8, 4) is 0 Å². The molecule has 0 atom stereocenters. The summed E-state index contributed by atoms with van der Waals surface area (Å²) in [5.41, 5.74) is 0.986. The van der Waals surface area contributed by atoms with Gasteiger partial charge in [0, 0.05) is 29.9 Å². The molecule has 154 valence electrons. The van der Waals surface area contributed by atoms with Crippen molar-refractivity contribution in [3.05, 3.63) is 78.5 Å². The SMILES string of the molecule is O=C(Nc1ccc(S(=O)(=O)N2CCCC2)cc1)c1cccnc1Sc1ccccc1. The van der Waals surface area contributed by atoms with Gasteiger partial charge >= 0.3 is 0 Å². The predicted molar refractivity (Wildman–Crippen MR) is 117 cm³/mol. The summed E-state index contributed by atoms with van der Waals surface area (Å²) in [4.78, 5) is 18.4. The van der Waals surface area contributed by atoms with E-state index in [0.29, 0.717) is 29.4 Å². The molecule has 0 radical (unpaired) electrons. The number of pyridine rings is 1. The molecule has 1 fully saturated rings. The molecule has 6 nitrogen and oxygen atoms in total. The Hall–Kier alpha value is -2.68. The van der Waals surface area contributed by atoms with Crippen molar-refractivity contribution in [3.63, 3.8) is 0 Å². The Morgan fingerprint density at radius 2 is 1.63 bits per heavy atom. The third-order valence-corrected chi connectivity index (χ3v) is 7.73. The minimum atomic E-state index is -3.47. The molecule has 8 heteroatoms. The summed E-state index contributed by atoms with van der Waals surface area (Å²) in [7, 11) is -3.47. The van der Waals surface area contributed by atoms with Crippen LogP contribution in [0.2, 0.25) is 0 Å². The van der Waals surface area contributed by atoms with E-state index in [1.165, 1.54) is 28.2 Å². The number of nitrogens with zero attached hydrogens (tertiary/aromatic N) is 2. The number of hydrogen-bond acceptors (Lipinski definition) is 5. The maximum Gasteiger partial charge on any atom is 0.258 e. The van der Waals surface area contributed by atoms with Gasteiger partial charge in [0.15, 0.2) is 0 Å². The molecule has 1 aromatic heterocycles. The van der Waals surface area contributed by atoms with Crippen LogP contribution >= 0.6 is 11.8 Å². The Morgan fingerprint density at radius 3 is 2.33 bits per heavy atom. The van der Waals surface area contributed by atoms with Gasteiger partial charge in [0.2, 0.25) is 10.0 Å². The topological polar surface area (TPSA) is 79.4 Å². The highest BCUT2D eigenvalue weighted by Gasteiger charge is 2.27. The molecule has 2 heterocycles. The number of rotatable bonds is 6. The molecular formula is C22H21N3O3S2. The molecule has 0 unspecified atom stereocenters. The second-order valence-corrected chi connectivity index (χ2v) is 9.86. The normalized spacial score (nSPS) is 14.5. The van der Waals surface area contributed by atoms with Gasteiger partial charge in [-0.05, 0) is 61.4 Å². The van der Waals surface area contributed by atoms with Gasteiger partial charge in [0.1, 0.15) is 5.03 Å². The Bertz CT molecular complexity index is 1130. The zero-order chi connectivity index (χ0) is 21.0. The van der Waals surface area contributed by atoms with E-state index in [0.717, 1.165) is 17.7 Å². The van der Waals surface area contributed by atoms with Gasteiger partial charge in [-0.2, -0.15) is 4.31 Å². The largest absolute Gasteiger partial charge is 0.322 e. The third kappa shape index (κ3) is 4.56. The van der Waals surface area contributed by atoms with Gasteiger partial charge in [-0.15, -0.1) is 0 Å². The van der Waals surface area contributed by atoms with Crippen LogP contribution in [-0.4, -0.2) is 36.7 Å². The minimum absolute atomic E-state index is 0.240. The Kier molecular flexibility index (Phi) is 6.17. The van der Waals surface area contributed by atoms with Gasteiger partial charge in [-0.25, -0.2) is 13.4 Å². The summed E-state index contributed by atoms with van der Waals surface area (Å²) < 4.78 is 26.8. The molecular weight excluding hydrogens is 418 g/mol. The van der Waals surface area contributed by atoms with Crippen molar-refractivity contribution in [2.24, 2.45) is 0 Å². The number of amides is 1. The lowest BCUT2D eigenvalue weighted by Gasteiger charge is -2.15. The Balaban J connectivity index is 1.49. The minimum Gasteiger partial charge on any atom is -0.322 e. The maximum absolute atomic E-state index is 12.8. The number of nitrogens with one attached hydrogen (secondary N) is 1. The Morgan fingerprint density at radius 1 is 0.933 bits per heavy atom. The van der Waals surface area contributed by atoms with Crippen molar-refractivity contribution in [1.82, 2.24) is 9.29 Å². The van der Waals surface area contributed by atoms with E-state index >= 15 is 0 Å². The highest BCUT2D eigenvalue weighted by atomic mass is 32.2. The standard InChI is InChI=1S/C22H21N3O3S2/c26-21(20-9-6-14-23-22(20)29-18-7-2-1-3-8-18)24-17-10-12-19(13-11-17)30(27,28)25-15-4-5-16-25/h1-3,6-14H,4-5,15-16H2,(H,24,26). The first-order valence-electron chi connectivity index (χ1n) is 9.63. The molecule has 1 N–H and O–H groups in total. The molecule has 0 aliphatic carbocycles. The quantitative estimate of drug-likeness (QED) is 0.621. The van der Waals surface area contributed by atoms with Gasteiger partial charge < -0.3 is 5.32 Å². The highest BCUT2D eigenvalue weighted by molar-refractivity contribution is 7.99. The van der Waals surface area contributed by atoms with Crippen LogP contribution in [0, 0.1) is 0 Å². The first-order chi connectivity index (χ1) is 14.5. The van der Waals surface area contributed by atoms with Gasteiger partial charge in [-0.3, -0.25) is 4.79 Å². The van der Waals surface area contributed by atoms with E-state index in [-0.39, 0.29) is 10.8 Å². The summed E-state index contributed by atoms with van der Waals surface area (Å²) in [5.74, 6) is -0.295. The first-order valence-corrected chi connectivity index (χ1v) is 11.9. The second-order valence-electron chi connectivity index (χ2n) is 6.86. The van der Waals surface area contributed by atoms with E-state index in [1.807, 2.05) is 30.3 Å². The lowest BCUT2D eigenvalue weighted by atomic mass is 10.2. The number of benzene rings is 2.